The number of ether oxygens (including phenoxy) is 2. The van der Waals surface area contributed by atoms with Gasteiger partial charge in [-0.15, -0.1) is 0 Å². The number of rotatable bonds is 3. The Hall–Kier alpha value is -1.55. The van der Waals surface area contributed by atoms with E-state index in [1.54, 1.807) is 14.2 Å². The van der Waals surface area contributed by atoms with Crippen LogP contribution in [0.25, 0.3) is 0 Å². The Balaban J connectivity index is 2.03. The molecule has 4 heteroatoms. The van der Waals surface area contributed by atoms with Crippen LogP contribution in [0.5, 0.6) is 11.5 Å². The number of methoxy groups -OCH3 is 2. The zero-order valence-electron chi connectivity index (χ0n) is 13.0. The molecule has 114 valence electrons. The Bertz CT molecular complexity index is 557. The van der Waals surface area contributed by atoms with Crippen LogP contribution in [-0.4, -0.2) is 44.5 Å². The predicted octanol–water partition coefficient (Wildman–Crippen LogP) is 2.40. The van der Waals surface area contributed by atoms with Crippen LogP contribution < -0.4 is 9.47 Å². The number of hydrogen-bond acceptors (Lipinski definition) is 4. The van der Waals surface area contributed by atoms with Gasteiger partial charge in [-0.25, -0.2) is 0 Å². The lowest BCUT2D eigenvalue weighted by Gasteiger charge is -2.41. The van der Waals surface area contributed by atoms with E-state index in [-0.39, 0.29) is 5.41 Å². The maximum absolute atomic E-state index is 11.9. The molecule has 1 aromatic carbocycles. The van der Waals surface area contributed by atoms with Crippen LogP contribution in [0.2, 0.25) is 0 Å². The molecule has 4 nitrogen and oxygen atoms in total. The molecule has 3 rings (SSSR count). The quantitative estimate of drug-likeness (QED) is 0.856. The number of ketones is 1. The Morgan fingerprint density at radius 3 is 2.67 bits per heavy atom. The molecule has 0 spiro atoms. The molecular weight excluding hydrogens is 266 g/mol. The molecule has 2 aliphatic rings. The van der Waals surface area contributed by atoms with Crippen molar-refractivity contribution in [3.63, 3.8) is 0 Å². The highest BCUT2D eigenvalue weighted by Crippen LogP contribution is 2.48. The molecule has 0 amide bonds. The van der Waals surface area contributed by atoms with Gasteiger partial charge in [0.1, 0.15) is 5.78 Å². The van der Waals surface area contributed by atoms with Gasteiger partial charge in [-0.3, -0.25) is 4.79 Å². The van der Waals surface area contributed by atoms with Crippen molar-refractivity contribution < 1.29 is 14.3 Å². The van der Waals surface area contributed by atoms with Crippen molar-refractivity contribution in [1.82, 2.24) is 4.90 Å². The van der Waals surface area contributed by atoms with E-state index in [1.165, 1.54) is 5.56 Å². The first-order valence-electron chi connectivity index (χ1n) is 7.55. The second kappa shape index (κ2) is 5.34. The molecule has 0 N–H and O–H groups in total. The lowest BCUT2D eigenvalue weighted by molar-refractivity contribution is -0.122. The van der Waals surface area contributed by atoms with Crippen molar-refractivity contribution in [2.75, 3.05) is 27.8 Å². The highest BCUT2D eigenvalue weighted by Gasteiger charge is 2.50. The van der Waals surface area contributed by atoms with Crippen LogP contribution in [0.4, 0.5) is 0 Å². The number of Topliss-reactive ketones (excluding diaryl/α,β-unsaturated/α-hetero) is 1. The summed E-state index contributed by atoms with van der Waals surface area (Å²) >= 11 is 0. The third kappa shape index (κ3) is 2.22. The molecule has 1 saturated carbocycles. The largest absolute Gasteiger partial charge is 0.493 e. The zero-order chi connectivity index (χ0) is 15.0. The fourth-order valence-electron chi connectivity index (χ4n) is 4.07. The smallest absolute Gasteiger partial charge is 0.161 e. The molecule has 0 radical (unpaired) electrons. The number of likely N-dealkylation sites (tertiary alicyclic amines) is 1. The summed E-state index contributed by atoms with van der Waals surface area (Å²) in [5.41, 5.74) is 1.37. The second-order valence-corrected chi connectivity index (χ2v) is 6.22. The lowest BCUT2D eigenvalue weighted by atomic mass is 9.66. The van der Waals surface area contributed by atoms with Gasteiger partial charge in [-0.2, -0.15) is 0 Å². The maximum Gasteiger partial charge on any atom is 0.161 e. The first kappa shape index (κ1) is 14.4. The molecule has 1 aromatic rings. The number of carbonyl (C=O) groups is 1. The minimum Gasteiger partial charge on any atom is -0.493 e. The number of hydrogen-bond donors (Lipinski definition) is 0. The molecule has 1 heterocycles. The van der Waals surface area contributed by atoms with Crippen LogP contribution in [0, 0.1) is 0 Å². The first-order valence-corrected chi connectivity index (χ1v) is 7.55. The lowest BCUT2D eigenvalue weighted by Crippen LogP contribution is -2.46. The van der Waals surface area contributed by atoms with Gasteiger partial charge in [0.25, 0.3) is 0 Å². The van der Waals surface area contributed by atoms with Gasteiger partial charge in [0.2, 0.25) is 0 Å². The van der Waals surface area contributed by atoms with Crippen LogP contribution in [-0.2, 0) is 10.2 Å². The van der Waals surface area contributed by atoms with Crippen molar-refractivity contribution >= 4 is 5.78 Å². The molecule has 0 aromatic heterocycles. The van der Waals surface area contributed by atoms with E-state index in [0.29, 0.717) is 24.7 Å². The molecule has 0 bridgehead atoms. The van der Waals surface area contributed by atoms with Gasteiger partial charge >= 0.3 is 0 Å². The third-order valence-corrected chi connectivity index (χ3v) is 5.31. The predicted molar refractivity (Wildman–Crippen MR) is 81.1 cm³/mol. The normalized spacial score (nSPS) is 29.3. The van der Waals surface area contributed by atoms with E-state index in [2.05, 4.69) is 24.1 Å². The Morgan fingerprint density at radius 1 is 1.19 bits per heavy atom. The van der Waals surface area contributed by atoms with E-state index in [1.807, 2.05) is 6.07 Å². The minimum absolute atomic E-state index is 0.0855. The average Bonchev–Trinajstić information content (AvgIpc) is 2.85. The summed E-state index contributed by atoms with van der Waals surface area (Å²) in [6, 6.07) is 6.54. The summed E-state index contributed by atoms with van der Waals surface area (Å²) in [6.07, 6.45) is 3.41. The molecule has 0 unspecified atom stereocenters. The van der Waals surface area contributed by atoms with Crippen LogP contribution in [0.15, 0.2) is 18.2 Å². The monoisotopic (exact) mass is 289 g/mol. The summed E-state index contributed by atoms with van der Waals surface area (Å²) in [6.45, 7) is 1.05. The third-order valence-electron chi connectivity index (χ3n) is 5.31. The minimum atomic E-state index is 0.0855. The van der Waals surface area contributed by atoms with E-state index in [0.717, 1.165) is 30.9 Å². The molecule has 1 saturated heterocycles. The molecule has 2 fully saturated rings. The van der Waals surface area contributed by atoms with Gasteiger partial charge < -0.3 is 14.4 Å². The maximum atomic E-state index is 11.9. The summed E-state index contributed by atoms with van der Waals surface area (Å²) in [4.78, 5) is 14.2. The topological polar surface area (TPSA) is 38.8 Å². The van der Waals surface area contributed by atoms with Gasteiger partial charge in [0.15, 0.2) is 11.5 Å². The van der Waals surface area contributed by atoms with E-state index in [9.17, 15) is 4.79 Å². The summed E-state index contributed by atoms with van der Waals surface area (Å²) in [5.74, 6) is 1.92. The van der Waals surface area contributed by atoms with Gasteiger partial charge in [0, 0.05) is 24.3 Å². The highest BCUT2D eigenvalue weighted by molar-refractivity contribution is 5.81. The van der Waals surface area contributed by atoms with Crippen LogP contribution in [0.1, 0.15) is 31.2 Å². The number of nitrogens with zero attached hydrogens (tertiary/aromatic N) is 1. The SMILES string of the molecule is COc1ccc([C@]23CCC(=O)C[C@H]2N(C)CC3)cc1OC. The van der Waals surface area contributed by atoms with Crippen molar-refractivity contribution in [2.24, 2.45) is 0 Å². The summed E-state index contributed by atoms with van der Waals surface area (Å²) in [7, 11) is 5.45. The summed E-state index contributed by atoms with van der Waals surface area (Å²) < 4.78 is 10.8. The van der Waals surface area contributed by atoms with Crippen LogP contribution >= 0.6 is 0 Å². The molecule has 1 aliphatic carbocycles. The number of fused-ring (bicyclic) bond motifs is 1. The van der Waals surface area contributed by atoms with Crippen molar-refractivity contribution in [3.05, 3.63) is 23.8 Å². The summed E-state index contributed by atoms with van der Waals surface area (Å²) in [5, 5.41) is 0. The van der Waals surface area contributed by atoms with Gasteiger partial charge in [0.05, 0.1) is 14.2 Å². The first-order chi connectivity index (χ1) is 10.1. The Labute approximate surface area is 126 Å². The molecule has 1 aliphatic heterocycles. The highest BCUT2D eigenvalue weighted by atomic mass is 16.5. The Morgan fingerprint density at radius 2 is 1.95 bits per heavy atom. The van der Waals surface area contributed by atoms with Gasteiger partial charge in [-0.05, 0) is 44.1 Å². The van der Waals surface area contributed by atoms with Crippen molar-refractivity contribution in [3.8, 4) is 11.5 Å². The van der Waals surface area contributed by atoms with Gasteiger partial charge in [-0.1, -0.05) is 6.07 Å². The van der Waals surface area contributed by atoms with Crippen molar-refractivity contribution in [2.45, 2.75) is 37.1 Å². The fourth-order valence-corrected chi connectivity index (χ4v) is 4.07. The number of carbonyl (C=O) groups excluding carboxylic acids is 1. The average molecular weight is 289 g/mol. The Kier molecular flexibility index (Phi) is 3.66. The van der Waals surface area contributed by atoms with Crippen molar-refractivity contribution in [1.29, 1.82) is 0 Å². The van der Waals surface area contributed by atoms with E-state index in [4.69, 9.17) is 9.47 Å². The van der Waals surface area contributed by atoms with Crippen LogP contribution in [0.3, 0.4) is 0 Å². The fraction of sp³-hybridized carbons (Fsp3) is 0.588. The number of benzene rings is 1. The zero-order valence-corrected chi connectivity index (χ0v) is 13.0. The molecule has 21 heavy (non-hydrogen) atoms. The molecular formula is C17H23NO3. The molecule has 2 atom stereocenters. The van der Waals surface area contributed by atoms with E-state index < -0.39 is 0 Å². The van der Waals surface area contributed by atoms with E-state index >= 15 is 0 Å². The second-order valence-electron chi connectivity index (χ2n) is 6.22. The number of likely N-dealkylation sites (N-methyl/N-ethyl adjacent to an activating group) is 1. The standard InChI is InChI=1S/C17H23NO3/c1-18-9-8-17(7-6-13(19)11-16(17)18)12-4-5-14(20-2)15(10-12)21-3/h4-5,10,16H,6-9,11H2,1-3H3/t16-,17-/m1/s1.